The summed E-state index contributed by atoms with van der Waals surface area (Å²) in [6.07, 6.45) is 0.489. The van der Waals surface area contributed by atoms with E-state index < -0.39 is 16.3 Å². The van der Waals surface area contributed by atoms with Crippen LogP contribution in [0.15, 0.2) is 0 Å². The smallest absolute Gasteiger partial charge is 0.422 e. The third kappa shape index (κ3) is 4.74. The van der Waals surface area contributed by atoms with E-state index in [1.807, 2.05) is 4.72 Å². The van der Waals surface area contributed by atoms with Crippen molar-refractivity contribution in [2.24, 2.45) is 5.92 Å². The fraction of sp³-hybridized carbons (Fsp3) is 0.900. The summed E-state index contributed by atoms with van der Waals surface area (Å²) >= 11 is 3.34. The molecule has 0 aromatic carbocycles. The molecule has 0 saturated carbocycles. The first-order valence-corrected chi connectivity index (χ1v) is 8.45. The average Bonchev–Trinajstić information content (AvgIpc) is 2.65. The minimum Gasteiger partial charge on any atom is -0.446 e. The van der Waals surface area contributed by atoms with Gasteiger partial charge in [0.2, 0.25) is 0 Å². The number of carbonyl (C=O) groups is 1. The number of ether oxygens (including phenoxy) is 1. The number of amides is 1. The standard InChI is InChI=1S/C10H19BrN2O4S/c1-8(2)17-10(14)12-18(15,16)13-6-4-9(7-13)3-5-11/h8-9H,3-7H2,1-2H3,(H,12,14). The molecule has 0 aliphatic carbocycles. The third-order valence-corrected chi connectivity index (χ3v) is 4.55. The maximum absolute atomic E-state index is 11.9. The van der Waals surface area contributed by atoms with Crippen molar-refractivity contribution in [1.82, 2.24) is 9.03 Å². The highest BCUT2D eigenvalue weighted by molar-refractivity contribution is 9.09. The first kappa shape index (κ1) is 15.7. The van der Waals surface area contributed by atoms with Crippen LogP contribution in [0, 0.1) is 5.92 Å². The molecule has 1 amide bonds. The van der Waals surface area contributed by atoms with Crippen LogP contribution >= 0.6 is 15.9 Å². The fourth-order valence-corrected chi connectivity index (χ4v) is 3.60. The Bertz CT molecular complexity index is 385. The maximum atomic E-state index is 11.9. The molecule has 1 N–H and O–H groups in total. The number of hydrogen-bond acceptors (Lipinski definition) is 4. The Morgan fingerprint density at radius 1 is 1.56 bits per heavy atom. The maximum Gasteiger partial charge on any atom is 0.422 e. The number of nitrogens with one attached hydrogen (secondary N) is 1. The minimum absolute atomic E-state index is 0.347. The number of nitrogens with zero attached hydrogens (tertiary/aromatic N) is 1. The van der Waals surface area contributed by atoms with E-state index in [9.17, 15) is 13.2 Å². The lowest BCUT2D eigenvalue weighted by atomic mass is 10.1. The highest BCUT2D eigenvalue weighted by atomic mass is 79.9. The summed E-state index contributed by atoms with van der Waals surface area (Å²) in [5, 5.41) is 0.856. The summed E-state index contributed by atoms with van der Waals surface area (Å²) in [7, 11) is -3.76. The van der Waals surface area contributed by atoms with Crippen molar-refractivity contribution in [2.75, 3.05) is 18.4 Å². The Hall–Kier alpha value is -0.340. The predicted molar refractivity (Wildman–Crippen MR) is 71.8 cm³/mol. The van der Waals surface area contributed by atoms with Gasteiger partial charge >= 0.3 is 16.3 Å². The summed E-state index contributed by atoms with van der Waals surface area (Å²) < 4.78 is 31.7. The molecule has 1 rings (SSSR count). The van der Waals surface area contributed by atoms with Crippen LogP contribution in [0.2, 0.25) is 0 Å². The van der Waals surface area contributed by atoms with E-state index >= 15 is 0 Å². The van der Waals surface area contributed by atoms with Crippen LogP contribution in [0.4, 0.5) is 4.79 Å². The number of hydrogen-bond donors (Lipinski definition) is 1. The Labute approximate surface area is 116 Å². The van der Waals surface area contributed by atoms with Crippen LogP contribution in [0.1, 0.15) is 26.7 Å². The highest BCUT2D eigenvalue weighted by Gasteiger charge is 2.32. The topological polar surface area (TPSA) is 75.7 Å². The molecule has 1 aliphatic rings. The molecule has 106 valence electrons. The van der Waals surface area contributed by atoms with E-state index in [1.54, 1.807) is 13.8 Å². The van der Waals surface area contributed by atoms with E-state index in [0.717, 1.165) is 18.2 Å². The molecule has 6 nitrogen and oxygen atoms in total. The molecule has 1 atom stereocenters. The molecule has 1 heterocycles. The van der Waals surface area contributed by atoms with Gasteiger partial charge in [0.1, 0.15) is 0 Å². The zero-order chi connectivity index (χ0) is 13.8. The van der Waals surface area contributed by atoms with Crippen molar-refractivity contribution in [1.29, 1.82) is 0 Å². The summed E-state index contributed by atoms with van der Waals surface area (Å²) in [4.78, 5) is 11.3. The predicted octanol–water partition coefficient (Wildman–Crippen LogP) is 1.47. The molecular formula is C10H19BrN2O4S. The Morgan fingerprint density at radius 3 is 2.78 bits per heavy atom. The van der Waals surface area contributed by atoms with Crippen LogP contribution in [0.25, 0.3) is 0 Å². The summed E-state index contributed by atoms with van der Waals surface area (Å²) in [5.41, 5.74) is 0. The normalized spacial score (nSPS) is 21.2. The Balaban J connectivity index is 2.52. The lowest BCUT2D eigenvalue weighted by Gasteiger charge is -2.17. The van der Waals surface area contributed by atoms with Gasteiger partial charge in [0, 0.05) is 18.4 Å². The molecule has 1 fully saturated rings. The van der Waals surface area contributed by atoms with Gasteiger partial charge in [-0.25, -0.2) is 9.52 Å². The largest absolute Gasteiger partial charge is 0.446 e. The van der Waals surface area contributed by atoms with Gasteiger partial charge in [-0.3, -0.25) is 0 Å². The highest BCUT2D eigenvalue weighted by Crippen LogP contribution is 2.22. The van der Waals surface area contributed by atoms with Crippen LogP contribution in [0.5, 0.6) is 0 Å². The van der Waals surface area contributed by atoms with E-state index in [2.05, 4.69) is 15.9 Å². The van der Waals surface area contributed by atoms with Gasteiger partial charge in [0.15, 0.2) is 0 Å². The average molecular weight is 343 g/mol. The van der Waals surface area contributed by atoms with E-state index in [0.29, 0.717) is 19.0 Å². The van der Waals surface area contributed by atoms with E-state index in [1.165, 1.54) is 4.31 Å². The van der Waals surface area contributed by atoms with Gasteiger partial charge in [-0.1, -0.05) is 15.9 Å². The minimum atomic E-state index is -3.76. The van der Waals surface area contributed by atoms with Crippen LogP contribution in [-0.4, -0.2) is 43.3 Å². The summed E-state index contributed by atoms with van der Waals surface area (Å²) in [6.45, 7) is 4.22. The zero-order valence-electron chi connectivity index (χ0n) is 10.6. The molecule has 0 bridgehead atoms. The molecule has 0 aromatic rings. The molecule has 1 aliphatic heterocycles. The third-order valence-electron chi connectivity index (χ3n) is 2.66. The van der Waals surface area contributed by atoms with Crippen molar-refractivity contribution in [3.8, 4) is 0 Å². The van der Waals surface area contributed by atoms with Gasteiger partial charge in [-0.05, 0) is 32.6 Å². The zero-order valence-corrected chi connectivity index (χ0v) is 13.0. The van der Waals surface area contributed by atoms with Crippen molar-refractivity contribution in [3.05, 3.63) is 0 Å². The number of halogens is 1. The molecule has 1 unspecified atom stereocenters. The van der Waals surface area contributed by atoms with Crippen LogP contribution < -0.4 is 4.72 Å². The Kier molecular flexibility index (Phi) is 5.87. The second kappa shape index (κ2) is 6.72. The van der Waals surface area contributed by atoms with E-state index in [4.69, 9.17) is 4.74 Å². The monoisotopic (exact) mass is 342 g/mol. The van der Waals surface area contributed by atoms with Gasteiger partial charge < -0.3 is 4.74 Å². The number of carbonyl (C=O) groups excluding carboxylic acids is 1. The molecule has 0 aromatic heterocycles. The first-order chi connectivity index (χ1) is 8.35. The summed E-state index contributed by atoms with van der Waals surface area (Å²) in [6, 6.07) is 0. The summed E-state index contributed by atoms with van der Waals surface area (Å²) in [5.74, 6) is 0.349. The molecular weight excluding hydrogens is 324 g/mol. The van der Waals surface area contributed by atoms with E-state index in [-0.39, 0.29) is 6.10 Å². The van der Waals surface area contributed by atoms with Crippen LogP contribution in [0.3, 0.4) is 0 Å². The molecule has 0 spiro atoms. The van der Waals surface area contributed by atoms with Gasteiger partial charge in [0.25, 0.3) is 0 Å². The molecule has 8 heteroatoms. The molecule has 1 saturated heterocycles. The second-order valence-corrected chi connectivity index (χ2v) is 7.02. The van der Waals surface area contributed by atoms with Gasteiger partial charge in [0.05, 0.1) is 6.10 Å². The van der Waals surface area contributed by atoms with Crippen molar-refractivity contribution in [3.63, 3.8) is 0 Å². The number of rotatable bonds is 5. The van der Waals surface area contributed by atoms with Gasteiger partial charge in [-0.2, -0.15) is 12.7 Å². The number of alkyl halides is 1. The van der Waals surface area contributed by atoms with Crippen molar-refractivity contribution in [2.45, 2.75) is 32.8 Å². The molecule has 18 heavy (non-hydrogen) atoms. The SMILES string of the molecule is CC(C)OC(=O)NS(=O)(=O)N1CCC(CCBr)C1. The lowest BCUT2D eigenvalue weighted by Crippen LogP contribution is -2.43. The van der Waals surface area contributed by atoms with Crippen molar-refractivity contribution >= 4 is 32.2 Å². The Morgan fingerprint density at radius 2 is 2.22 bits per heavy atom. The lowest BCUT2D eigenvalue weighted by molar-refractivity contribution is 0.121. The van der Waals surface area contributed by atoms with Gasteiger partial charge in [-0.15, -0.1) is 0 Å². The first-order valence-electron chi connectivity index (χ1n) is 5.89. The fourth-order valence-electron chi connectivity index (χ4n) is 1.81. The second-order valence-electron chi connectivity index (χ2n) is 4.55. The quantitative estimate of drug-likeness (QED) is 0.767. The van der Waals surface area contributed by atoms with Crippen molar-refractivity contribution < 1.29 is 17.9 Å². The van der Waals surface area contributed by atoms with Crippen LogP contribution in [-0.2, 0) is 14.9 Å². The molecule has 0 radical (unpaired) electrons.